The maximum absolute atomic E-state index is 12.4. The van der Waals surface area contributed by atoms with Gasteiger partial charge >= 0.3 is 0 Å². The SMILES string of the molecule is CCOc1ccc(NC(=O)c2ccc(NC(=O)C3(N)CCCC3)cc2)cc1. The predicted molar refractivity (Wildman–Crippen MR) is 106 cm³/mol. The lowest BCUT2D eigenvalue weighted by Gasteiger charge is -2.22. The molecule has 0 radical (unpaired) electrons. The molecule has 4 N–H and O–H groups in total. The fraction of sp³-hybridized carbons (Fsp3) is 0.333. The fourth-order valence-corrected chi connectivity index (χ4v) is 3.20. The fourth-order valence-electron chi connectivity index (χ4n) is 3.20. The lowest BCUT2D eigenvalue weighted by Crippen LogP contribution is -2.48. The molecule has 142 valence electrons. The number of hydrogen-bond acceptors (Lipinski definition) is 4. The summed E-state index contributed by atoms with van der Waals surface area (Å²) in [7, 11) is 0. The van der Waals surface area contributed by atoms with Crippen molar-refractivity contribution in [2.45, 2.75) is 38.1 Å². The van der Waals surface area contributed by atoms with E-state index in [-0.39, 0.29) is 11.8 Å². The standard InChI is InChI=1S/C21H25N3O3/c1-2-27-18-11-9-16(10-12-18)23-19(25)15-5-7-17(8-6-15)24-20(26)21(22)13-3-4-14-21/h5-12H,2-4,13-14,22H2,1H3,(H,23,25)(H,24,26). The highest BCUT2D eigenvalue weighted by Crippen LogP contribution is 2.28. The molecule has 0 saturated heterocycles. The molecule has 0 aliphatic heterocycles. The Kier molecular flexibility index (Phi) is 5.76. The molecule has 2 aromatic carbocycles. The molecule has 6 nitrogen and oxygen atoms in total. The minimum absolute atomic E-state index is 0.161. The zero-order valence-electron chi connectivity index (χ0n) is 15.5. The average Bonchev–Trinajstić information content (AvgIpc) is 3.12. The second-order valence-corrected chi connectivity index (χ2v) is 6.81. The molecular weight excluding hydrogens is 342 g/mol. The molecule has 3 rings (SSSR count). The van der Waals surface area contributed by atoms with Crippen molar-refractivity contribution >= 4 is 23.2 Å². The van der Waals surface area contributed by atoms with Crippen LogP contribution in [0.4, 0.5) is 11.4 Å². The van der Waals surface area contributed by atoms with E-state index in [0.29, 0.717) is 36.4 Å². The van der Waals surface area contributed by atoms with Crippen molar-refractivity contribution in [1.29, 1.82) is 0 Å². The smallest absolute Gasteiger partial charge is 0.255 e. The Labute approximate surface area is 159 Å². The zero-order valence-corrected chi connectivity index (χ0v) is 15.5. The number of rotatable bonds is 6. The Balaban J connectivity index is 1.59. The topological polar surface area (TPSA) is 93.5 Å². The van der Waals surface area contributed by atoms with Crippen LogP contribution in [-0.4, -0.2) is 24.0 Å². The van der Waals surface area contributed by atoms with Crippen LogP contribution in [0.3, 0.4) is 0 Å². The van der Waals surface area contributed by atoms with Gasteiger partial charge in [-0.25, -0.2) is 0 Å². The first-order valence-electron chi connectivity index (χ1n) is 9.25. The number of anilines is 2. The van der Waals surface area contributed by atoms with Crippen molar-refractivity contribution in [3.63, 3.8) is 0 Å². The number of nitrogens with two attached hydrogens (primary N) is 1. The Morgan fingerprint density at radius 3 is 2.11 bits per heavy atom. The van der Waals surface area contributed by atoms with Gasteiger partial charge in [-0.1, -0.05) is 12.8 Å². The molecule has 6 heteroatoms. The second-order valence-electron chi connectivity index (χ2n) is 6.81. The van der Waals surface area contributed by atoms with Gasteiger partial charge in [-0.2, -0.15) is 0 Å². The van der Waals surface area contributed by atoms with Gasteiger partial charge in [-0.3, -0.25) is 9.59 Å². The predicted octanol–water partition coefficient (Wildman–Crippen LogP) is 3.55. The van der Waals surface area contributed by atoms with Crippen LogP contribution in [0.5, 0.6) is 5.75 Å². The van der Waals surface area contributed by atoms with Crippen LogP contribution in [0.15, 0.2) is 48.5 Å². The normalized spacial score (nSPS) is 15.2. The highest BCUT2D eigenvalue weighted by atomic mass is 16.5. The molecule has 1 aliphatic carbocycles. The minimum atomic E-state index is -0.774. The van der Waals surface area contributed by atoms with E-state index in [4.69, 9.17) is 10.5 Å². The summed E-state index contributed by atoms with van der Waals surface area (Å²) in [6, 6.07) is 14.0. The van der Waals surface area contributed by atoms with Gasteiger partial charge in [0.2, 0.25) is 5.91 Å². The Morgan fingerprint density at radius 2 is 1.52 bits per heavy atom. The van der Waals surface area contributed by atoms with E-state index in [1.54, 1.807) is 36.4 Å². The van der Waals surface area contributed by atoms with Crippen molar-refractivity contribution in [1.82, 2.24) is 0 Å². The monoisotopic (exact) mass is 367 g/mol. The molecule has 27 heavy (non-hydrogen) atoms. The molecule has 0 spiro atoms. The molecular formula is C21H25N3O3. The third-order valence-corrected chi connectivity index (χ3v) is 4.78. The Bertz CT molecular complexity index is 794. The average molecular weight is 367 g/mol. The van der Waals surface area contributed by atoms with Gasteiger partial charge in [0.15, 0.2) is 0 Å². The first kappa shape index (κ1) is 18.9. The van der Waals surface area contributed by atoms with Crippen LogP contribution in [0, 0.1) is 0 Å². The number of amides is 2. The summed E-state index contributed by atoms with van der Waals surface area (Å²) >= 11 is 0. The minimum Gasteiger partial charge on any atom is -0.494 e. The van der Waals surface area contributed by atoms with Gasteiger partial charge in [-0.05, 0) is 68.3 Å². The number of hydrogen-bond donors (Lipinski definition) is 3. The third kappa shape index (κ3) is 4.65. The van der Waals surface area contributed by atoms with E-state index >= 15 is 0 Å². The van der Waals surface area contributed by atoms with Crippen LogP contribution in [-0.2, 0) is 4.79 Å². The number of carbonyl (C=O) groups is 2. The summed E-state index contributed by atoms with van der Waals surface area (Å²) in [5.41, 5.74) is 7.21. The van der Waals surface area contributed by atoms with Crippen LogP contribution in [0.25, 0.3) is 0 Å². The van der Waals surface area contributed by atoms with Gasteiger partial charge in [0, 0.05) is 16.9 Å². The van der Waals surface area contributed by atoms with Crippen LogP contribution in [0.2, 0.25) is 0 Å². The zero-order chi connectivity index (χ0) is 19.3. The molecule has 1 saturated carbocycles. The summed E-state index contributed by atoms with van der Waals surface area (Å²) in [6.45, 7) is 2.52. The quantitative estimate of drug-likeness (QED) is 0.728. The molecule has 1 fully saturated rings. The molecule has 0 atom stereocenters. The second kappa shape index (κ2) is 8.22. The van der Waals surface area contributed by atoms with Crippen molar-refractivity contribution in [3.05, 3.63) is 54.1 Å². The maximum atomic E-state index is 12.4. The Hall–Kier alpha value is -2.86. The summed E-state index contributed by atoms with van der Waals surface area (Å²) in [6.07, 6.45) is 3.38. The number of ether oxygens (including phenoxy) is 1. The molecule has 2 amide bonds. The van der Waals surface area contributed by atoms with Crippen molar-refractivity contribution < 1.29 is 14.3 Å². The first-order chi connectivity index (χ1) is 13.0. The lowest BCUT2D eigenvalue weighted by atomic mass is 9.98. The summed E-state index contributed by atoms with van der Waals surface area (Å²) in [5, 5.41) is 5.69. The number of carbonyl (C=O) groups excluding carboxylic acids is 2. The Morgan fingerprint density at radius 1 is 0.963 bits per heavy atom. The summed E-state index contributed by atoms with van der Waals surface area (Å²) < 4.78 is 5.38. The van der Waals surface area contributed by atoms with Crippen LogP contribution in [0.1, 0.15) is 43.0 Å². The number of nitrogens with one attached hydrogen (secondary N) is 2. The van der Waals surface area contributed by atoms with E-state index in [9.17, 15) is 9.59 Å². The molecule has 2 aromatic rings. The van der Waals surface area contributed by atoms with Gasteiger partial charge in [0.25, 0.3) is 5.91 Å². The van der Waals surface area contributed by atoms with E-state index in [1.807, 2.05) is 19.1 Å². The molecule has 0 unspecified atom stereocenters. The van der Waals surface area contributed by atoms with Gasteiger partial charge in [-0.15, -0.1) is 0 Å². The maximum Gasteiger partial charge on any atom is 0.255 e. The van der Waals surface area contributed by atoms with E-state index in [2.05, 4.69) is 10.6 Å². The van der Waals surface area contributed by atoms with E-state index in [1.165, 1.54) is 0 Å². The van der Waals surface area contributed by atoms with Gasteiger partial charge in [0.05, 0.1) is 12.1 Å². The molecule has 0 heterocycles. The lowest BCUT2D eigenvalue weighted by molar-refractivity contribution is -0.121. The summed E-state index contributed by atoms with van der Waals surface area (Å²) in [5.74, 6) is 0.380. The first-order valence-corrected chi connectivity index (χ1v) is 9.25. The van der Waals surface area contributed by atoms with Crippen molar-refractivity contribution in [2.24, 2.45) is 5.73 Å². The third-order valence-electron chi connectivity index (χ3n) is 4.78. The van der Waals surface area contributed by atoms with Crippen molar-refractivity contribution in [2.75, 3.05) is 17.2 Å². The van der Waals surface area contributed by atoms with Crippen LogP contribution >= 0.6 is 0 Å². The van der Waals surface area contributed by atoms with E-state index in [0.717, 1.165) is 18.6 Å². The largest absolute Gasteiger partial charge is 0.494 e. The van der Waals surface area contributed by atoms with Crippen molar-refractivity contribution in [3.8, 4) is 5.75 Å². The van der Waals surface area contributed by atoms with Crippen LogP contribution < -0.4 is 21.1 Å². The molecule has 0 aromatic heterocycles. The summed E-state index contributed by atoms with van der Waals surface area (Å²) in [4.78, 5) is 24.7. The highest BCUT2D eigenvalue weighted by Gasteiger charge is 2.36. The molecule has 0 bridgehead atoms. The highest BCUT2D eigenvalue weighted by molar-refractivity contribution is 6.05. The van der Waals surface area contributed by atoms with E-state index < -0.39 is 5.54 Å². The molecule has 1 aliphatic rings. The van der Waals surface area contributed by atoms with Gasteiger partial charge < -0.3 is 21.1 Å². The van der Waals surface area contributed by atoms with Gasteiger partial charge in [0.1, 0.15) is 5.75 Å². The number of benzene rings is 2.